The van der Waals surface area contributed by atoms with Crippen LogP contribution in [-0.2, 0) is 0 Å². The van der Waals surface area contributed by atoms with Crippen LogP contribution < -0.4 is 9.47 Å². The normalized spacial score (nSPS) is 19.4. The van der Waals surface area contributed by atoms with Gasteiger partial charge in [-0.3, -0.25) is 4.79 Å². The fraction of sp³-hybridized carbons (Fsp3) is 0.412. The van der Waals surface area contributed by atoms with Gasteiger partial charge in [-0.25, -0.2) is 0 Å². The molecule has 0 spiro atoms. The Kier molecular flexibility index (Phi) is 3.25. The second kappa shape index (κ2) is 5.30. The molecule has 6 nitrogen and oxygen atoms in total. The molecule has 0 aliphatic carbocycles. The van der Waals surface area contributed by atoms with E-state index in [1.807, 2.05) is 18.7 Å². The molecule has 23 heavy (non-hydrogen) atoms. The zero-order chi connectivity index (χ0) is 16.0. The van der Waals surface area contributed by atoms with E-state index in [9.17, 15) is 4.79 Å². The molecule has 1 atom stereocenters. The van der Waals surface area contributed by atoms with E-state index in [2.05, 4.69) is 5.16 Å². The minimum Gasteiger partial charge on any atom is -0.454 e. The third-order valence-electron chi connectivity index (χ3n) is 4.55. The third kappa shape index (κ3) is 2.25. The summed E-state index contributed by atoms with van der Waals surface area (Å²) in [5.74, 6) is 2.11. The Morgan fingerprint density at radius 1 is 1.26 bits per heavy atom. The van der Waals surface area contributed by atoms with Crippen LogP contribution in [0.3, 0.4) is 0 Å². The molecular formula is C17H18N2O4. The first-order valence-corrected chi connectivity index (χ1v) is 7.78. The molecule has 0 N–H and O–H groups in total. The van der Waals surface area contributed by atoms with Gasteiger partial charge in [0, 0.05) is 17.7 Å². The molecule has 120 valence electrons. The first-order chi connectivity index (χ1) is 11.1. The van der Waals surface area contributed by atoms with Gasteiger partial charge in [-0.2, -0.15) is 0 Å². The molecule has 1 aromatic heterocycles. The Hall–Kier alpha value is -2.50. The lowest BCUT2D eigenvalue weighted by molar-refractivity contribution is 0.0734. The fourth-order valence-corrected chi connectivity index (χ4v) is 3.47. The lowest BCUT2D eigenvalue weighted by Gasteiger charge is -2.25. The largest absolute Gasteiger partial charge is 0.454 e. The highest BCUT2D eigenvalue weighted by atomic mass is 16.7. The van der Waals surface area contributed by atoms with Crippen LogP contribution in [0, 0.1) is 13.8 Å². The van der Waals surface area contributed by atoms with Gasteiger partial charge in [0.05, 0.1) is 11.7 Å². The Morgan fingerprint density at radius 2 is 2.09 bits per heavy atom. The number of carbonyl (C=O) groups excluding carboxylic acids is 1. The third-order valence-corrected chi connectivity index (χ3v) is 4.55. The Morgan fingerprint density at radius 3 is 2.87 bits per heavy atom. The molecule has 1 amide bonds. The molecule has 0 saturated carbocycles. The predicted octanol–water partition coefficient (Wildman–Crippen LogP) is 3.00. The van der Waals surface area contributed by atoms with Gasteiger partial charge < -0.3 is 18.9 Å². The Labute approximate surface area is 134 Å². The van der Waals surface area contributed by atoms with Crippen molar-refractivity contribution in [2.45, 2.75) is 32.7 Å². The van der Waals surface area contributed by atoms with Gasteiger partial charge in [0.1, 0.15) is 5.76 Å². The van der Waals surface area contributed by atoms with Gasteiger partial charge in [-0.1, -0.05) is 5.16 Å². The molecule has 2 aliphatic heterocycles. The molecule has 4 rings (SSSR count). The summed E-state index contributed by atoms with van der Waals surface area (Å²) in [6.07, 6.45) is 1.91. The number of likely N-dealkylation sites (tertiary alicyclic amines) is 1. The minimum absolute atomic E-state index is 0.00537. The number of hydrogen-bond acceptors (Lipinski definition) is 5. The van der Waals surface area contributed by atoms with E-state index in [1.54, 1.807) is 18.2 Å². The van der Waals surface area contributed by atoms with E-state index in [0.717, 1.165) is 36.4 Å². The molecule has 1 aromatic carbocycles. The van der Waals surface area contributed by atoms with Gasteiger partial charge in [0.15, 0.2) is 11.5 Å². The maximum Gasteiger partial charge on any atom is 0.254 e. The van der Waals surface area contributed by atoms with Crippen molar-refractivity contribution in [1.29, 1.82) is 0 Å². The van der Waals surface area contributed by atoms with E-state index < -0.39 is 0 Å². The Balaban J connectivity index is 1.65. The van der Waals surface area contributed by atoms with Crippen LogP contribution in [0.4, 0.5) is 0 Å². The van der Waals surface area contributed by atoms with Crippen molar-refractivity contribution in [2.75, 3.05) is 13.3 Å². The smallest absolute Gasteiger partial charge is 0.254 e. The van der Waals surface area contributed by atoms with Gasteiger partial charge in [-0.05, 0) is 44.9 Å². The zero-order valence-corrected chi connectivity index (χ0v) is 13.2. The summed E-state index contributed by atoms with van der Waals surface area (Å²) in [6, 6.07) is 5.36. The summed E-state index contributed by atoms with van der Waals surface area (Å²) in [7, 11) is 0. The summed E-state index contributed by atoms with van der Waals surface area (Å²) in [4.78, 5) is 14.9. The lowest BCUT2D eigenvalue weighted by atomic mass is 10.0. The standard InChI is InChI=1S/C17H18N2O4/c1-10-16(11(2)23-18-10)13-4-3-7-19(13)17(20)12-5-6-14-15(8-12)22-9-21-14/h5-6,8,13H,3-4,7,9H2,1-2H3/t13-/m0/s1. The number of aryl methyl sites for hydroxylation is 2. The Bertz CT molecular complexity index is 748. The van der Waals surface area contributed by atoms with Crippen molar-refractivity contribution in [3.05, 3.63) is 40.8 Å². The highest BCUT2D eigenvalue weighted by Crippen LogP contribution is 2.38. The summed E-state index contributed by atoms with van der Waals surface area (Å²) < 4.78 is 16.0. The number of aromatic nitrogens is 1. The van der Waals surface area contributed by atoms with Crippen LogP contribution in [0.1, 0.15) is 46.3 Å². The molecule has 0 unspecified atom stereocenters. The molecule has 3 heterocycles. The second-order valence-electron chi connectivity index (χ2n) is 5.96. The fourth-order valence-electron chi connectivity index (χ4n) is 3.47. The molecule has 1 fully saturated rings. The van der Waals surface area contributed by atoms with E-state index in [0.29, 0.717) is 17.1 Å². The lowest BCUT2D eigenvalue weighted by Crippen LogP contribution is -2.31. The van der Waals surface area contributed by atoms with Crippen LogP contribution in [-0.4, -0.2) is 29.3 Å². The van der Waals surface area contributed by atoms with Crippen molar-refractivity contribution in [2.24, 2.45) is 0 Å². The molecule has 2 aromatic rings. The SMILES string of the molecule is Cc1noc(C)c1[C@@H]1CCCN1C(=O)c1ccc2c(c1)OCO2. The van der Waals surface area contributed by atoms with Crippen molar-refractivity contribution in [1.82, 2.24) is 10.1 Å². The monoisotopic (exact) mass is 314 g/mol. The van der Waals surface area contributed by atoms with E-state index in [-0.39, 0.29) is 18.7 Å². The summed E-state index contributed by atoms with van der Waals surface area (Å²) in [5.41, 5.74) is 2.52. The predicted molar refractivity (Wildman–Crippen MR) is 81.6 cm³/mol. The summed E-state index contributed by atoms with van der Waals surface area (Å²) in [6.45, 7) is 4.77. The second-order valence-corrected chi connectivity index (χ2v) is 5.96. The highest BCUT2D eigenvalue weighted by molar-refractivity contribution is 5.95. The van der Waals surface area contributed by atoms with Crippen molar-refractivity contribution in [3.8, 4) is 11.5 Å². The number of benzene rings is 1. The van der Waals surface area contributed by atoms with Crippen LogP contribution in [0.5, 0.6) is 11.5 Å². The number of rotatable bonds is 2. The quantitative estimate of drug-likeness (QED) is 0.852. The summed E-state index contributed by atoms with van der Waals surface area (Å²) >= 11 is 0. The highest BCUT2D eigenvalue weighted by Gasteiger charge is 2.34. The van der Waals surface area contributed by atoms with Crippen LogP contribution >= 0.6 is 0 Å². The topological polar surface area (TPSA) is 64.8 Å². The molecule has 1 saturated heterocycles. The van der Waals surface area contributed by atoms with Crippen molar-refractivity contribution in [3.63, 3.8) is 0 Å². The number of amides is 1. The van der Waals surface area contributed by atoms with E-state index in [4.69, 9.17) is 14.0 Å². The molecule has 6 heteroatoms. The maximum absolute atomic E-state index is 13.0. The molecule has 0 bridgehead atoms. The van der Waals surface area contributed by atoms with Crippen LogP contribution in [0.15, 0.2) is 22.7 Å². The number of fused-ring (bicyclic) bond motifs is 1. The summed E-state index contributed by atoms with van der Waals surface area (Å²) in [5, 5.41) is 4.03. The van der Waals surface area contributed by atoms with Gasteiger partial charge in [0.25, 0.3) is 5.91 Å². The average Bonchev–Trinajstić information content (AvgIpc) is 3.26. The van der Waals surface area contributed by atoms with E-state index >= 15 is 0 Å². The molecular weight excluding hydrogens is 296 g/mol. The molecule has 0 radical (unpaired) electrons. The first-order valence-electron chi connectivity index (χ1n) is 7.78. The number of carbonyl (C=O) groups is 1. The number of nitrogens with zero attached hydrogens (tertiary/aromatic N) is 2. The van der Waals surface area contributed by atoms with Gasteiger partial charge in [-0.15, -0.1) is 0 Å². The maximum atomic E-state index is 13.0. The van der Waals surface area contributed by atoms with Gasteiger partial charge in [0.2, 0.25) is 6.79 Å². The first kappa shape index (κ1) is 14.1. The number of ether oxygens (including phenoxy) is 2. The van der Waals surface area contributed by atoms with Crippen LogP contribution in [0.2, 0.25) is 0 Å². The average molecular weight is 314 g/mol. The van der Waals surface area contributed by atoms with Crippen molar-refractivity contribution >= 4 is 5.91 Å². The zero-order valence-electron chi connectivity index (χ0n) is 13.2. The number of hydrogen-bond donors (Lipinski definition) is 0. The van der Waals surface area contributed by atoms with Crippen molar-refractivity contribution < 1.29 is 18.8 Å². The minimum atomic E-state index is 0.00537. The van der Waals surface area contributed by atoms with Crippen LogP contribution in [0.25, 0.3) is 0 Å². The van der Waals surface area contributed by atoms with Gasteiger partial charge >= 0.3 is 0 Å². The van der Waals surface area contributed by atoms with E-state index in [1.165, 1.54) is 0 Å². The molecule has 2 aliphatic rings.